The molecule has 0 saturated heterocycles. The number of halogens is 1. The van der Waals surface area contributed by atoms with E-state index in [-0.39, 0.29) is 5.57 Å². The van der Waals surface area contributed by atoms with E-state index in [0.29, 0.717) is 5.56 Å². The first-order valence-corrected chi connectivity index (χ1v) is 5.51. The standard InChI is InChI=1S/C12H11BrO4/c1-16-11(14)10(12(15)17-2)7-8-4-3-5-9(13)6-8/h3-7H,1-2H3. The number of carbonyl (C=O) groups is 2. The zero-order chi connectivity index (χ0) is 12.8. The summed E-state index contributed by atoms with van der Waals surface area (Å²) >= 11 is 3.30. The first-order valence-electron chi connectivity index (χ1n) is 4.72. The first-order chi connectivity index (χ1) is 8.08. The van der Waals surface area contributed by atoms with E-state index in [1.54, 1.807) is 18.2 Å². The molecule has 90 valence electrons. The van der Waals surface area contributed by atoms with E-state index in [2.05, 4.69) is 25.4 Å². The lowest BCUT2D eigenvalue weighted by atomic mass is 10.1. The summed E-state index contributed by atoms with van der Waals surface area (Å²) in [5, 5.41) is 0. The van der Waals surface area contributed by atoms with Crippen LogP contribution in [-0.2, 0) is 19.1 Å². The van der Waals surface area contributed by atoms with Crippen LogP contribution in [-0.4, -0.2) is 26.2 Å². The molecular weight excluding hydrogens is 288 g/mol. The van der Waals surface area contributed by atoms with Gasteiger partial charge in [-0.1, -0.05) is 28.1 Å². The Balaban J connectivity index is 3.13. The predicted molar refractivity (Wildman–Crippen MR) is 66.2 cm³/mol. The molecule has 0 radical (unpaired) electrons. The number of carbonyl (C=O) groups excluding carboxylic acids is 2. The summed E-state index contributed by atoms with van der Waals surface area (Å²) in [5.41, 5.74) is 0.554. The van der Waals surface area contributed by atoms with E-state index in [1.807, 2.05) is 6.07 Å². The van der Waals surface area contributed by atoms with Crippen molar-refractivity contribution < 1.29 is 19.1 Å². The van der Waals surface area contributed by atoms with Gasteiger partial charge in [-0.3, -0.25) is 0 Å². The van der Waals surface area contributed by atoms with E-state index < -0.39 is 11.9 Å². The van der Waals surface area contributed by atoms with Gasteiger partial charge in [0.1, 0.15) is 5.57 Å². The largest absolute Gasteiger partial charge is 0.465 e. The van der Waals surface area contributed by atoms with E-state index in [0.717, 1.165) is 4.47 Å². The predicted octanol–water partition coefficient (Wildman–Crippen LogP) is 2.18. The van der Waals surface area contributed by atoms with Crippen molar-refractivity contribution in [1.29, 1.82) is 0 Å². The minimum Gasteiger partial charge on any atom is -0.465 e. The third-order valence-electron chi connectivity index (χ3n) is 1.97. The fraction of sp³-hybridized carbons (Fsp3) is 0.167. The molecule has 0 bridgehead atoms. The molecule has 0 fully saturated rings. The van der Waals surface area contributed by atoms with Crippen LogP contribution in [0, 0.1) is 0 Å². The van der Waals surface area contributed by atoms with Crippen molar-refractivity contribution >= 4 is 33.9 Å². The smallest absolute Gasteiger partial charge is 0.345 e. The van der Waals surface area contributed by atoms with Crippen molar-refractivity contribution in [3.05, 3.63) is 39.9 Å². The molecule has 5 heteroatoms. The maximum absolute atomic E-state index is 11.4. The van der Waals surface area contributed by atoms with Gasteiger partial charge >= 0.3 is 11.9 Å². The minimum atomic E-state index is -0.725. The molecule has 0 N–H and O–H groups in total. The van der Waals surface area contributed by atoms with Crippen LogP contribution in [0.1, 0.15) is 5.56 Å². The maximum Gasteiger partial charge on any atom is 0.345 e. The Hall–Kier alpha value is -1.62. The van der Waals surface area contributed by atoms with Crippen LogP contribution >= 0.6 is 15.9 Å². The van der Waals surface area contributed by atoms with Gasteiger partial charge in [0.2, 0.25) is 0 Å². The molecule has 1 aromatic carbocycles. The lowest BCUT2D eigenvalue weighted by Crippen LogP contribution is -2.15. The zero-order valence-corrected chi connectivity index (χ0v) is 11.0. The fourth-order valence-electron chi connectivity index (χ4n) is 1.18. The fourth-order valence-corrected chi connectivity index (χ4v) is 1.60. The van der Waals surface area contributed by atoms with Crippen molar-refractivity contribution in [3.63, 3.8) is 0 Å². The van der Waals surface area contributed by atoms with Crippen molar-refractivity contribution in [2.45, 2.75) is 0 Å². The molecule has 0 saturated carbocycles. The number of hydrogen-bond acceptors (Lipinski definition) is 4. The van der Waals surface area contributed by atoms with E-state index >= 15 is 0 Å². The molecule has 0 aliphatic heterocycles. The highest BCUT2D eigenvalue weighted by molar-refractivity contribution is 9.10. The number of benzene rings is 1. The summed E-state index contributed by atoms with van der Waals surface area (Å²) < 4.78 is 9.88. The molecular formula is C12H11BrO4. The third kappa shape index (κ3) is 3.71. The summed E-state index contributed by atoms with van der Waals surface area (Å²) in [5.74, 6) is -1.45. The third-order valence-corrected chi connectivity index (χ3v) is 2.46. The average Bonchev–Trinajstić information content (AvgIpc) is 2.34. The van der Waals surface area contributed by atoms with Gasteiger partial charge in [-0.15, -0.1) is 0 Å². The van der Waals surface area contributed by atoms with Crippen molar-refractivity contribution in [3.8, 4) is 0 Å². The van der Waals surface area contributed by atoms with Crippen molar-refractivity contribution in [2.75, 3.05) is 14.2 Å². The Morgan fingerprint density at radius 2 is 1.76 bits per heavy atom. The Morgan fingerprint density at radius 3 is 2.24 bits per heavy atom. The summed E-state index contributed by atoms with van der Waals surface area (Å²) in [4.78, 5) is 22.8. The summed E-state index contributed by atoms with van der Waals surface area (Å²) in [6.45, 7) is 0. The normalized spacial score (nSPS) is 9.35. The van der Waals surface area contributed by atoms with E-state index in [9.17, 15) is 9.59 Å². The molecule has 0 aliphatic rings. The van der Waals surface area contributed by atoms with Crippen molar-refractivity contribution in [2.24, 2.45) is 0 Å². The number of methoxy groups -OCH3 is 2. The van der Waals surface area contributed by atoms with Gasteiger partial charge in [-0.05, 0) is 23.8 Å². The summed E-state index contributed by atoms with van der Waals surface area (Å²) in [7, 11) is 2.42. The van der Waals surface area contributed by atoms with Crippen LogP contribution in [0.3, 0.4) is 0 Å². The second kappa shape index (κ2) is 6.20. The second-order valence-electron chi connectivity index (χ2n) is 3.10. The van der Waals surface area contributed by atoms with Gasteiger partial charge in [0.05, 0.1) is 14.2 Å². The molecule has 1 rings (SSSR count). The Bertz CT molecular complexity index is 447. The zero-order valence-electron chi connectivity index (χ0n) is 9.40. The molecule has 4 nitrogen and oxygen atoms in total. The average molecular weight is 299 g/mol. The number of hydrogen-bond donors (Lipinski definition) is 0. The topological polar surface area (TPSA) is 52.6 Å². The van der Waals surface area contributed by atoms with Gasteiger partial charge in [0.25, 0.3) is 0 Å². The quantitative estimate of drug-likeness (QED) is 0.371. The highest BCUT2D eigenvalue weighted by Gasteiger charge is 2.19. The molecule has 1 aromatic rings. The van der Waals surface area contributed by atoms with E-state index in [4.69, 9.17) is 0 Å². The van der Waals surface area contributed by atoms with Crippen LogP contribution in [0.5, 0.6) is 0 Å². The van der Waals surface area contributed by atoms with Crippen LogP contribution in [0.4, 0.5) is 0 Å². The molecule has 0 amide bonds. The molecule has 17 heavy (non-hydrogen) atoms. The van der Waals surface area contributed by atoms with Crippen LogP contribution in [0.15, 0.2) is 34.3 Å². The lowest BCUT2D eigenvalue weighted by Gasteiger charge is -2.03. The van der Waals surface area contributed by atoms with Crippen LogP contribution < -0.4 is 0 Å². The van der Waals surface area contributed by atoms with Crippen LogP contribution in [0.25, 0.3) is 6.08 Å². The van der Waals surface area contributed by atoms with Crippen LogP contribution in [0.2, 0.25) is 0 Å². The molecule has 0 aliphatic carbocycles. The second-order valence-corrected chi connectivity index (χ2v) is 4.01. The highest BCUT2D eigenvalue weighted by atomic mass is 79.9. The van der Waals surface area contributed by atoms with E-state index in [1.165, 1.54) is 20.3 Å². The monoisotopic (exact) mass is 298 g/mol. The summed E-state index contributed by atoms with van der Waals surface area (Å²) in [6, 6.07) is 7.16. The Kier molecular flexibility index (Phi) is 4.90. The van der Waals surface area contributed by atoms with Gasteiger partial charge in [-0.2, -0.15) is 0 Å². The minimum absolute atomic E-state index is 0.145. The number of esters is 2. The molecule has 0 spiro atoms. The molecule has 0 atom stereocenters. The number of rotatable bonds is 3. The maximum atomic E-state index is 11.4. The van der Waals surface area contributed by atoms with Gasteiger partial charge < -0.3 is 9.47 Å². The Labute approximate surface area is 107 Å². The summed E-state index contributed by atoms with van der Waals surface area (Å²) in [6.07, 6.45) is 1.42. The van der Waals surface area contributed by atoms with Gasteiger partial charge in [-0.25, -0.2) is 9.59 Å². The first kappa shape index (κ1) is 13.4. The molecule has 0 unspecified atom stereocenters. The van der Waals surface area contributed by atoms with Crippen molar-refractivity contribution in [1.82, 2.24) is 0 Å². The number of ether oxygens (including phenoxy) is 2. The van der Waals surface area contributed by atoms with Gasteiger partial charge in [0.15, 0.2) is 0 Å². The highest BCUT2D eigenvalue weighted by Crippen LogP contribution is 2.15. The lowest BCUT2D eigenvalue weighted by molar-refractivity contribution is -0.143. The SMILES string of the molecule is COC(=O)C(=Cc1cccc(Br)c1)C(=O)OC. The Morgan fingerprint density at radius 1 is 1.18 bits per heavy atom. The van der Waals surface area contributed by atoms with Gasteiger partial charge in [0, 0.05) is 4.47 Å². The molecule has 0 aromatic heterocycles. The molecule has 0 heterocycles.